The number of likely N-dealkylation sites (tertiary alicyclic amines) is 1. The summed E-state index contributed by atoms with van der Waals surface area (Å²) < 4.78 is 0. The minimum absolute atomic E-state index is 0.0153. The van der Waals surface area contributed by atoms with E-state index in [-0.39, 0.29) is 5.91 Å². The number of aromatic amines is 1. The van der Waals surface area contributed by atoms with Crippen LogP contribution in [0.2, 0.25) is 0 Å². The maximum absolute atomic E-state index is 12.4. The van der Waals surface area contributed by atoms with E-state index in [1.54, 1.807) is 12.3 Å². The molecule has 0 unspecified atom stereocenters. The van der Waals surface area contributed by atoms with Crippen LogP contribution in [0.15, 0.2) is 30.6 Å². The zero-order chi connectivity index (χ0) is 17.1. The summed E-state index contributed by atoms with van der Waals surface area (Å²) in [6.45, 7) is 9.77. The molecule has 0 aliphatic carbocycles. The zero-order valence-electron chi connectivity index (χ0n) is 14.6. The van der Waals surface area contributed by atoms with Gasteiger partial charge in [0, 0.05) is 50.3 Å². The molecule has 1 amide bonds. The Labute approximate surface area is 142 Å². The summed E-state index contributed by atoms with van der Waals surface area (Å²) in [5, 5.41) is 6.90. The van der Waals surface area contributed by atoms with Gasteiger partial charge in [-0.25, -0.2) is 0 Å². The smallest absolute Gasteiger partial charge is 0.274 e. The fourth-order valence-electron chi connectivity index (χ4n) is 3.08. The highest BCUT2D eigenvalue weighted by Gasteiger charge is 2.36. The monoisotopic (exact) mass is 327 g/mol. The molecule has 6 heteroatoms. The summed E-state index contributed by atoms with van der Waals surface area (Å²) in [5.74, 6) is 0.599. The molecule has 0 spiro atoms. The normalized spacial score (nSPS) is 15.1. The molecule has 1 aliphatic heterocycles. The molecular weight excluding hydrogens is 302 g/mol. The topological polar surface area (TPSA) is 65.1 Å². The lowest BCUT2D eigenvalue weighted by Crippen LogP contribution is -2.61. The molecule has 2 aromatic heterocycles. The Bertz CT molecular complexity index is 676. The average molecular weight is 327 g/mol. The molecule has 0 saturated carbocycles. The highest BCUT2D eigenvalue weighted by molar-refractivity contribution is 5.93. The number of carbonyl (C=O) groups excluding carboxylic acids is 1. The summed E-state index contributed by atoms with van der Waals surface area (Å²) in [6, 6.07) is 6.28. The molecule has 3 rings (SSSR count). The SMILES string of the molecule is Cc1cc(C(=O)N2CC(N(Cc3cccnc3)CC(C)C)C2)n[nH]1. The molecule has 6 nitrogen and oxygen atoms in total. The first-order valence-electron chi connectivity index (χ1n) is 8.47. The van der Waals surface area contributed by atoms with Crippen LogP contribution < -0.4 is 0 Å². The van der Waals surface area contributed by atoms with Crippen molar-refractivity contribution in [1.29, 1.82) is 0 Å². The number of pyridine rings is 1. The Morgan fingerprint density at radius 2 is 2.25 bits per heavy atom. The second kappa shape index (κ2) is 7.13. The fraction of sp³-hybridized carbons (Fsp3) is 0.500. The summed E-state index contributed by atoms with van der Waals surface area (Å²) in [5.41, 5.74) is 2.63. The number of H-pyrrole nitrogens is 1. The van der Waals surface area contributed by atoms with Gasteiger partial charge in [0.25, 0.3) is 5.91 Å². The number of rotatable bonds is 6. The quantitative estimate of drug-likeness (QED) is 0.882. The zero-order valence-corrected chi connectivity index (χ0v) is 14.6. The number of amides is 1. The van der Waals surface area contributed by atoms with E-state index >= 15 is 0 Å². The highest BCUT2D eigenvalue weighted by atomic mass is 16.2. The standard InChI is InChI=1S/C18H25N5O/c1-13(2)9-22(10-15-5-4-6-19-8-15)16-11-23(12-16)18(24)17-7-14(3)20-21-17/h4-8,13,16H,9-12H2,1-3H3,(H,20,21). The van der Waals surface area contributed by atoms with Gasteiger partial charge in [-0.1, -0.05) is 19.9 Å². The number of aryl methyl sites for hydroxylation is 1. The molecular formula is C18H25N5O. The number of aromatic nitrogens is 3. The van der Waals surface area contributed by atoms with Gasteiger partial charge in [-0.05, 0) is 30.5 Å². The van der Waals surface area contributed by atoms with Crippen molar-refractivity contribution < 1.29 is 4.79 Å². The number of nitrogens with one attached hydrogen (secondary N) is 1. The van der Waals surface area contributed by atoms with Crippen molar-refractivity contribution in [3.8, 4) is 0 Å². The Morgan fingerprint density at radius 1 is 1.46 bits per heavy atom. The van der Waals surface area contributed by atoms with Crippen LogP contribution in [-0.4, -0.2) is 56.6 Å². The second-order valence-corrected chi connectivity index (χ2v) is 6.98. The van der Waals surface area contributed by atoms with Crippen LogP contribution in [0, 0.1) is 12.8 Å². The molecule has 128 valence electrons. The molecule has 1 aliphatic rings. The molecule has 1 fully saturated rings. The van der Waals surface area contributed by atoms with Gasteiger partial charge in [0.2, 0.25) is 0 Å². The van der Waals surface area contributed by atoms with Gasteiger partial charge in [0.05, 0.1) is 0 Å². The van der Waals surface area contributed by atoms with Crippen molar-refractivity contribution >= 4 is 5.91 Å². The maximum Gasteiger partial charge on any atom is 0.274 e. The summed E-state index contributed by atoms with van der Waals surface area (Å²) in [4.78, 5) is 20.9. The lowest BCUT2D eigenvalue weighted by Gasteiger charge is -2.45. The van der Waals surface area contributed by atoms with Gasteiger partial charge < -0.3 is 4.90 Å². The minimum atomic E-state index is 0.0153. The molecule has 1 saturated heterocycles. The van der Waals surface area contributed by atoms with Gasteiger partial charge in [0.1, 0.15) is 5.69 Å². The van der Waals surface area contributed by atoms with Crippen LogP contribution >= 0.6 is 0 Å². The van der Waals surface area contributed by atoms with Crippen molar-refractivity contribution in [2.75, 3.05) is 19.6 Å². The van der Waals surface area contributed by atoms with Crippen LogP contribution in [0.4, 0.5) is 0 Å². The van der Waals surface area contributed by atoms with Crippen molar-refractivity contribution in [1.82, 2.24) is 25.0 Å². The molecule has 24 heavy (non-hydrogen) atoms. The van der Waals surface area contributed by atoms with E-state index in [0.29, 0.717) is 17.7 Å². The molecule has 2 aromatic rings. The van der Waals surface area contributed by atoms with Gasteiger partial charge in [0.15, 0.2) is 0 Å². The van der Waals surface area contributed by atoms with E-state index in [9.17, 15) is 4.79 Å². The molecule has 1 N–H and O–H groups in total. The van der Waals surface area contributed by atoms with E-state index < -0.39 is 0 Å². The second-order valence-electron chi connectivity index (χ2n) is 6.98. The summed E-state index contributed by atoms with van der Waals surface area (Å²) in [7, 11) is 0. The first kappa shape index (κ1) is 16.6. The largest absolute Gasteiger partial charge is 0.334 e. The van der Waals surface area contributed by atoms with Crippen LogP contribution in [0.3, 0.4) is 0 Å². The molecule has 0 aromatic carbocycles. The van der Waals surface area contributed by atoms with Crippen molar-refractivity contribution in [3.05, 3.63) is 47.5 Å². The highest BCUT2D eigenvalue weighted by Crippen LogP contribution is 2.21. The average Bonchev–Trinajstić information content (AvgIpc) is 2.92. The van der Waals surface area contributed by atoms with Crippen molar-refractivity contribution in [2.24, 2.45) is 5.92 Å². The minimum Gasteiger partial charge on any atom is -0.334 e. The first-order valence-corrected chi connectivity index (χ1v) is 8.47. The lowest BCUT2D eigenvalue weighted by atomic mass is 10.0. The number of nitrogens with zero attached hydrogens (tertiary/aromatic N) is 4. The van der Waals surface area contributed by atoms with Crippen LogP contribution in [0.25, 0.3) is 0 Å². The van der Waals surface area contributed by atoms with Gasteiger partial charge in [-0.15, -0.1) is 0 Å². The predicted molar refractivity (Wildman–Crippen MR) is 92.5 cm³/mol. The van der Waals surface area contributed by atoms with Crippen molar-refractivity contribution in [2.45, 2.75) is 33.4 Å². The number of carbonyl (C=O) groups is 1. The Morgan fingerprint density at radius 3 is 2.83 bits per heavy atom. The molecule has 0 bridgehead atoms. The van der Waals surface area contributed by atoms with E-state index in [1.807, 2.05) is 24.1 Å². The van der Waals surface area contributed by atoms with E-state index in [4.69, 9.17) is 0 Å². The van der Waals surface area contributed by atoms with Crippen LogP contribution in [-0.2, 0) is 6.54 Å². The summed E-state index contributed by atoms with van der Waals surface area (Å²) >= 11 is 0. The van der Waals surface area contributed by atoms with Crippen molar-refractivity contribution in [3.63, 3.8) is 0 Å². The predicted octanol–water partition coefficient (Wildman–Crippen LogP) is 2.10. The Balaban J connectivity index is 1.60. The third-order valence-electron chi connectivity index (χ3n) is 4.30. The Hall–Kier alpha value is -2.21. The van der Waals surface area contributed by atoms with Crippen LogP contribution in [0.5, 0.6) is 0 Å². The number of hydrogen-bond donors (Lipinski definition) is 1. The third kappa shape index (κ3) is 3.82. The molecule has 3 heterocycles. The molecule has 0 radical (unpaired) electrons. The third-order valence-corrected chi connectivity index (χ3v) is 4.30. The van der Waals surface area contributed by atoms with E-state index in [0.717, 1.165) is 31.9 Å². The maximum atomic E-state index is 12.4. The first-order chi connectivity index (χ1) is 11.5. The molecule has 0 atom stereocenters. The van der Waals surface area contributed by atoms with E-state index in [1.165, 1.54) is 5.56 Å². The van der Waals surface area contributed by atoms with Gasteiger partial charge in [-0.2, -0.15) is 5.10 Å². The number of hydrogen-bond acceptors (Lipinski definition) is 4. The Kier molecular flexibility index (Phi) is 4.94. The fourth-order valence-corrected chi connectivity index (χ4v) is 3.08. The lowest BCUT2D eigenvalue weighted by molar-refractivity contribution is 0.0193. The van der Waals surface area contributed by atoms with Gasteiger partial charge in [-0.3, -0.25) is 19.8 Å². The van der Waals surface area contributed by atoms with E-state index in [2.05, 4.69) is 40.0 Å². The van der Waals surface area contributed by atoms with Gasteiger partial charge >= 0.3 is 0 Å². The van der Waals surface area contributed by atoms with Crippen LogP contribution in [0.1, 0.15) is 35.6 Å². The summed E-state index contributed by atoms with van der Waals surface area (Å²) in [6.07, 6.45) is 3.72.